The molecular formula is C12H15Cl3O. The minimum Gasteiger partial charge on any atom is -0.300 e. The minimum absolute atomic E-state index is 0.167. The van der Waals surface area contributed by atoms with Crippen molar-refractivity contribution in [3.63, 3.8) is 0 Å². The molecule has 0 fully saturated rings. The third kappa shape index (κ3) is 23.4. The molecule has 0 amide bonds. The average Bonchev–Trinajstić information content (AvgIpc) is 2.17. The van der Waals surface area contributed by atoms with Crippen LogP contribution in [0.5, 0.6) is 0 Å². The molecule has 0 heterocycles. The summed E-state index contributed by atoms with van der Waals surface area (Å²) in [6.07, 6.45) is 1.83. The summed E-state index contributed by atoms with van der Waals surface area (Å²) in [6.45, 7) is 6.69. The van der Waals surface area contributed by atoms with Crippen molar-refractivity contribution < 1.29 is 4.79 Å². The van der Waals surface area contributed by atoms with Crippen LogP contribution in [0.4, 0.5) is 0 Å². The summed E-state index contributed by atoms with van der Waals surface area (Å²) >= 11 is 14.4. The SMILES string of the molecule is C=Cc1ccccc1.CC(C)=O.ClC(Cl)Cl. The van der Waals surface area contributed by atoms with Gasteiger partial charge in [0.25, 0.3) is 0 Å². The van der Waals surface area contributed by atoms with Crippen LogP contribution in [0, 0.1) is 0 Å². The van der Waals surface area contributed by atoms with Crippen LogP contribution in [0.25, 0.3) is 6.08 Å². The molecule has 0 aliphatic rings. The zero-order valence-electron chi connectivity index (χ0n) is 9.29. The monoisotopic (exact) mass is 280 g/mol. The largest absolute Gasteiger partial charge is 0.300 e. The number of rotatable bonds is 1. The Morgan fingerprint density at radius 1 is 1.19 bits per heavy atom. The van der Waals surface area contributed by atoms with E-state index in [4.69, 9.17) is 34.8 Å². The third-order valence-corrected chi connectivity index (χ3v) is 1.04. The van der Waals surface area contributed by atoms with E-state index in [2.05, 4.69) is 6.58 Å². The number of carbonyl (C=O) groups excluding carboxylic acids is 1. The molecule has 0 saturated heterocycles. The van der Waals surface area contributed by atoms with Crippen molar-refractivity contribution in [3.05, 3.63) is 42.5 Å². The van der Waals surface area contributed by atoms with E-state index in [9.17, 15) is 4.79 Å². The molecular weight excluding hydrogens is 266 g/mol. The molecule has 1 rings (SSSR count). The number of benzene rings is 1. The summed E-state index contributed by atoms with van der Waals surface area (Å²) < 4.78 is -0.750. The van der Waals surface area contributed by atoms with Crippen molar-refractivity contribution >= 4 is 46.7 Å². The number of Topliss-reactive ketones (excluding diaryl/α,β-unsaturated/α-hetero) is 1. The van der Waals surface area contributed by atoms with E-state index in [1.165, 1.54) is 19.4 Å². The van der Waals surface area contributed by atoms with Crippen molar-refractivity contribution in [2.24, 2.45) is 0 Å². The lowest BCUT2D eigenvalue weighted by Gasteiger charge is -1.85. The second-order valence-corrected chi connectivity index (χ2v) is 4.75. The number of ketones is 1. The van der Waals surface area contributed by atoms with Crippen molar-refractivity contribution in [3.8, 4) is 0 Å². The van der Waals surface area contributed by atoms with Crippen molar-refractivity contribution in [2.75, 3.05) is 0 Å². The lowest BCUT2D eigenvalue weighted by atomic mass is 10.2. The number of carbonyl (C=O) groups is 1. The van der Waals surface area contributed by atoms with Crippen LogP contribution in [0.15, 0.2) is 36.9 Å². The Labute approximate surface area is 112 Å². The van der Waals surface area contributed by atoms with Crippen LogP contribution < -0.4 is 0 Å². The van der Waals surface area contributed by atoms with E-state index >= 15 is 0 Å². The Bertz CT molecular complexity index is 277. The number of hydrogen-bond donors (Lipinski definition) is 0. The van der Waals surface area contributed by atoms with Gasteiger partial charge in [0.2, 0.25) is 0 Å². The van der Waals surface area contributed by atoms with Gasteiger partial charge < -0.3 is 4.79 Å². The fourth-order valence-corrected chi connectivity index (χ4v) is 0.589. The first-order valence-electron chi connectivity index (χ1n) is 4.47. The van der Waals surface area contributed by atoms with Gasteiger partial charge in [-0.1, -0.05) is 77.8 Å². The Morgan fingerprint density at radius 2 is 1.50 bits per heavy atom. The number of alkyl halides is 3. The molecule has 0 aliphatic heterocycles. The molecule has 0 unspecified atom stereocenters. The predicted octanol–water partition coefficient (Wildman–Crippen LogP) is 4.91. The average molecular weight is 282 g/mol. The third-order valence-electron chi connectivity index (χ3n) is 1.04. The van der Waals surface area contributed by atoms with E-state index in [0.29, 0.717) is 0 Å². The highest BCUT2D eigenvalue weighted by atomic mass is 35.6. The summed E-state index contributed by atoms with van der Waals surface area (Å²) in [6, 6.07) is 10.0. The second kappa shape index (κ2) is 12.6. The highest BCUT2D eigenvalue weighted by Crippen LogP contribution is 2.03. The lowest BCUT2D eigenvalue weighted by molar-refractivity contribution is -0.114. The fraction of sp³-hybridized carbons (Fsp3) is 0.250. The molecule has 0 aromatic heterocycles. The molecule has 1 aromatic rings. The Balaban J connectivity index is 0. The maximum atomic E-state index is 9.44. The molecule has 1 aromatic carbocycles. The fourth-order valence-electron chi connectivity index (χ4n) is 0.589. The van der Waals surface area contributed by atoms with E-state index in [1.54, 1.807) is 0 Å². The summed E-state index contributed by atoms with van der Waals surface area (Å²) in [7, 11) is 0. The molecule has 4 heteroatoms. The van der Waals surface area contributed by atoms with Gasteiger partial charge in [0, 0.05) is 0 Å². The molecule has 0 spiro atoms. The van der Waals surface area contributed by atoms with Crippen LogP contribution in [-0.4, -0.2) is 10.1 Å². The smallest absolute Gasteiger partial charge is 0.180 e. The molecule has 16 heavy (non-hydrogen) atoms. The number of hydrogen-bond acceptors (Lipinski definition) is 1. The van der Waals surface area contributed by atoms with Gasteiger partial charge >= 0.3 is 0 Å². The van der Waals surface area contributed by atoms with Crippen LogP contribution in [0.3, 0.4) is 0 Å². The summed E-state index contributed by atoms with van der Waals surface area (Å²) in [5.41, 5.74) is 1.17. The zero-order valence-corrected chi connectivity index (χ0v) is 11.6. The summed E-state index contributed by atoms with van der Waals surface area (Å²) in [4.78, 5) is 9.44. The van der Waals surface area contributed by atoms with Crippen LogP contribution in [0.2, 0.25) is 0 Å². The first-order valence-corrected chi connectivity index (χ1v) is 5.78. The molecule has 1 nitrogen and oxygen atoms in total. The molecule has 0 N–H and O–H groups in total. The van der Waals surface area contributed by atoms with Gasteiger partial charge in [-0.3, -0.25) is 0 Å². The minimum atomic E-state index is -0.750. The van der Waals surface area contributed by atoms with Gasteiger partial charge in [-0.05, 0) is 19.4 Å². The Hall–Kier alpha value is -0.500. The first-order chi connectivity index (χ1) is 7.40. The van der Waals surface area contributed by atoms with Gasteiger partial charge in [0.15, 0.2) is 4.30 Å². The molecule has 0 atom stereocenters. The first kappa shape index (κ1) is 17.9. The Kier molecular flexibility index (Phi) is 14.0. The Morgan fingerprint density at radius 3 is 1.69 bits per heavy atom. The van der Waals surface area contributed by atoms with Gasteiger partial charge in [-0.25, -0.2) is 0 Å². The molecule has 90 valence electrons. The summed E-state index contributed by atoms with van der Waals surface area (Å²) in [5, 5.41) is 0. The maximum absolute atomic E-state index is 9.44. The van der Waals surface area contributed by atoms with Gasteiger partial charge in [-0.2, -0.15) is 0 Å². The molecule has 0 radical (unpaired) electrons. The van der Waals surface area contributed by atoms with E-state index in [1.807, 2.05) is 36.4 Å². The highest BCUT2D eigenvalue weighted by molar-refractivity contribution is 6.63. The topological polar surface area (TPSA) is 17.1 Å². The van der Waals surface area contributed by atoms with E-state index in [0.717, 1.165) is 0 Å². The number of halogens is 3. The predicted molar refractivity (Wildman–Crippen MR) is 74.2 cm³/mol. The molecule has 0 bridgehead atoms. The van der Waals surface area contributed by atoms with Gasteiger partial charge in [-0.15, -0.1) is 0 Å². The normalized spacial score (nSPS) is 8.12. The van der Waals surface area contributed by atoms with E-state index in [-0.39, 0.29) is 5.78 Å². The second-order valence-electron chi connectivity index (χ2n) is 2.77. The summed E-state index contributed by atoms with van der Waals surface area (Å²) in [5.74, 6) is 0.167. The molecule has 0 saturated carbocycles. The standard InChI is InChI=1S/C8H8.C3H6O.CHCl3/c1-2-8-6-4-3-5-7-8;1-3(2)4;2-1(3)4/h2-7H,1H2;1-2H3;1H. The van der Waals surface area contributed by atoms with Gasteiger partial charge in [0.1, 0.15) is 5.78 Å². The molecule has 0 aliphatic carbocycles. The van der Waals surface area contributed by atoms with Crippen molar-refractivity contribution in [2.45, 2.75) is 18.1 Å². The van der Waals surface area contributed by atoms with Crippen LogP contribution >= 0.6 is 34.8 Å². The zero-order chi connectivity index (χ0) is 13.0. The van der Waals surface area contributed by atoms with Crippen molar-refractivity contribution in [1.82, 2.24) is 0 Å². The van der Waals surface area contributed by atoms with Crippen molar-refractivity contribution in [1.29, 1.82) is 0 Å². The quantitative estimate of drug-likeness (QED) is 0.668. The maximum Gasteiger partial charge on any atom is 0.180 e. The van der Waals surface area contributed by atoms with Gasteiger partial charge in [0.05, 0.1) is 0 Å². The van der Waals surface area contributed by atoms with E-state index < -0.39 is 4.30 Å². The highest BCUT2D eigenvalue weighted by Gasteiger charge is 1.79. The lowest BCUT2D eigenvalue weighted by Crippen LogP contribution is -1.69. The van der Waals surface area contributed by atoms with Crippen LogP contribution in [-0.2, 0) is 4.79 Å². The van der Waals surface area contributed by atoms with Crippen LogP contribution in [0.1, 0.15) is 19.4 Å².